The summed E-state index contributed by atoms with van der Waals surface area (Å²) < 4.78 is 13.4. The molecule has 1 saturated heterocycles. The van der Waals surface area contributed by atoms with Crippen molar-refractivity contribution >= 4 is 5.69 Å². The van der Waals surface area contributed by atoms with Crippen molar-refractivity contribution in [1.29, 1.82) is 0 Å². The van der Waals surface area contributed by atoms with Gasteiger partial charge in [0, 0.05) is 24.8 Å². The number of anilines is 1. The second-order valence-corrected chi connectivity index (χ2v) is 4.48. The molecule has 1 N–H and O–H groups in total. The minimum Gasteiger partial charge on any atom is -0.371 e. The Balaban J connectivity index is 2.05. The molecule has 0 atom stereocenters. The monoisotopic (exact) mass is 222 g/mol. The first-order valence-electron chi connectivity index (χ1n) is 5.89. The van der Waals surface area contributed by atoms with Gasteiger partial charge in [-0.25, -0.2) is 4.39 Å². The lowest BCUT2D eigenvalue weighted by Crippen LogP contribution is -2.41. The van der Waals surface area contributed by atoms with E-state index in [1.165, 1.54) is 0 Å². The highest BCUT2D eigenvalue weighted by molar-refractivity contribution is 5.48. The summed E-state index contributed by atoms with van der Waals surface area (Å²) in [6.45, 7) is 3.81. The topological polar surface area (TPSA) is 15.3 Å². The third-order valence-corrected chi connectivity index (χ3v) is 3.42. The van der Waals surface area contributed by atoms with Gasteiger partial charge in [-0.15, -0.1) is 0 Å². The molecule has 0 unspecified atom stereocenters. The predicted octanol–water partition coefficient (Wildman–Crippen LogP) is 2.32. The zero-order chi connectivity index (χ0) is 11.5. The maximum absolute atomic E-state index is 13.4. The van der Waals surface area contributed by atoms with Crippen LogP contribution in [0.15, 0.2) is 18.2 Å². The van der Waals surface area contributed by atoms with E-state index in [1.807, 2.05) is 19.2 Å². The van der Waals surface area contributed by atoms with Crippen molar-refractivity contribution in [2.24, 2.45) is 0 Å². The van der Waals surface area contributed by atoms with Crippen LogP contribution in [0.3, 0.4) is 0 Å². The van der Waals surface area contributed by atoms with E-state index in [0.717, 1.165) is 31.6 Å². The van der Waals surface area contributed by atoms with E-state index >= 15 is 0 Å². The van der Waals surface area contributed by atoms with Gasteiger partial charge in [0.15, 0.2) is 0 Å². The predicted molar refractivity (Wildman–Crippen MR) is 65.4 cm³/mol. The van der Waals surface area contributed by atoms with Crippen LogP contribution < -0.4 is 10.2 Å². The first kappa shape index (κ1) is 11.4. The summed E-state index contributed by atoms with van der Waals surface area (Å²) >= 11 is 0. The van der Waals surface area contributed by atoms with Crippen molar-refractivity contribution in [2.75, 3.05) is 25.0 Å². The van der Waals surface area contributed by atoms with E-state index < -0.39 is 0 Å². The molecule has 1 aromatic rings. The molecule has 0 saturated carbocycles. The molecule has 1 heterocycles. The number of nitrogens with one attached hydrogen (secondary N) is 1. The second kappa shape index (κ2) is 4.83. The van der Waals surface area contributed by atoms with Gasteiger partial charge in [0.25, 0.3) is 0 Å². The van der Waals surface area contributed by atoms with Crippen molar-refractivity contribution in [1.82, 2.24) is 5.32 Å². The number of nitrogens with zero attached hydrogens (tertiary/aromatic N) is 1. The first-order chi connectivity index (χ1) is 7.70. The summed E-state index contributed by atoms with van der Waals surface area (Å²) in [6, 6.07) is 6.13. The molecule has 0 spiro atoms. The Kier molecular flexibility index (Phi) is 3.44. The van der Waals surface area contributed by atoms with Crippen LogP contribution in [0, 0.1) is 12.7 Å². The molecule has 1 fully saturated rings. The Bertz CT molecular complexity index is 357. The Labute approximate surface area is 96.5 Å². The van der Waals surface area contributed by atoms with Crippen LogP contribution in [0.5, 0.6) is 0 Å². The highest BCUT2D eigenvalue weighted by Crippen LogP contribution is 2.22. The van der Waals surface area contributed by atoms with E-state index in [2.05, 4.69) is 10.2 Å². The van der Waals surface area contributed by atoms with Gasteiger partial charge in [-0.2, -0.15) is 0 Å². The number of hydrogen-bond acceptors (Lipinski definition) is 2. The summed E-state index contributed by atoms with van der Waals surface area (Å²) in [5, 5.41) is 3.30. The fourth-order valence-corrected chi connectivity index (χ4v) is 2.20. The van der Waals surface area contributed by atoms with Crippen LogP contribution in [-0.2, 0) is 0 Å². The minimum atomic E-state index is -0.103. The third kappa shape index (κ3) is 2.35. The molecule has 0 aromatic heterocycles. The lowest BCUT2D eigenvalue weighted by molar-refractivity contribution is 0.442. The summed E-state index contributed by atoms with van der Waals surface area (Å²) in [6.07, 6.45) is 2.26. The molecular weight excluding hydrogens is 203 g/mol. The fraction of sp³-hybridized carbons (Fsp3) is 0.538. The van der Waals surface area contributed by atoms with Crippen molar-refractivity contribution in [2.45, 2.75) is 25.8 Å². The molecule has 1 aliphatic rings. The molecule has 0 bridgehead atoms. The lowest BCUT2D eigenvalue weighted by Gasteiger charge is -2.33. The zero-order valence-corrected chi connectivity index (χ0v) is 9.96. The van der Waals surface area contributed by atoms with Crippen molar-refractivity contribution in [3.63, 3.8) is 0 Å². The van der Waals surface area contributed by atoms with Gasteiger partial charge in [0.2, 0.25) is 0 Å². The van der Waals surface area contributed by atoms with Crippen LogP contribution in [0.2, 0.25) is 0 Å². The standard InChI is InChI=1S/C13H19FN2/c1-10-3-4-12(9-13(10)14)16-7-5-11(15-2)6-8-16/h3-4,9,11,15H,5-8H2,1-2H3. The maximum atomic E-state index is 13.4. The highest BCUT2D eigenvalue weighted by atomic mass is 19.1. The van der Waals surface area contributed by atoms with Gasteiger partial charge in [0.05, 0.1) is 0 Å². The molecule has 0 aliphatic carbocycles. The number of halogens is 1. The molecule has 0 amide bonds. The Morgan fingerprint density at radius 1 is 1.31 bits per heavy atom. The number of piperidine rings is 1. The van der Waals surface area contributed by atoms with E-state index in [4.69, 9.17) is 0 Å². The number of aryl methyl sites for hydroxylation is 1. The van der Waals surface area contributed by atoms with E-state index in [9.17, 15) is 4.39 Å². The molecule has 1 aliphatic heterocycles. The minimum absolute atomic E-state index is 0.103. The van der Waals surface area contributed by atoms with Crippen LogP contribution in [0.4, 0.5) is 10.1 Å². The molecule has 2 nitrogen and oxygen atoms in total. The third-order valence-electron chi connectivity index (χ3n) is 3.42. The Hall–Kier alpha value is -1.09. The average molecular weight is 222 g/mol. The van der Waals surface area contributed by atoms with Gasteiger partial charge < -0.3 is 10.2 Å². The van der Waals surface area contributed by atoms with Crippen molar-refractivity contribution < 1.29 is 4.39 Å². The normalized spacial score (nSPS) is 17.8. The number of hydrogen-bond donors (Lipinski definition) is 1. The van der Waals surface area contributed by atoms with Crippen molar-refractivity contribution in [3.05, 3.63) is 29.6 Å². The van der Waals surface area contributed by atoms with Gasteiger partial charge in [-0.3, -0.25) is 0 Å². The summed E-state index contributed by atoms with van der Waals surface area (Å²) in [5.41, 5.74) is 1.73. The highest BCUT2D eigenvalue weighted by Gasteiger charge is 2.18. The van der Waals surface area contributed by atoms with E-state index in [1.54, 1.807) is 13.0 Å². The number of benzene rings is 1. The maximum Gasteiger partial charge on any atom is 0.128 e. The smallest absolute Gasteiger partial charge is 0.128 e. The van der Waals surface area contributed by atoms with Crippen LogP contribution in [0.25, 0.3) is 0 Å². The molecule has 0 radical (unpaired) electrons. The largest absolute Gasteiger partial charge is 0.371 e. The Morgan fingerprint density at radius 3 is 2.56 bits per heavy atom. The van der Waals surface area contributed by atoms with Gasteiger partial charge >= 0.3 is 0 Å². The van der Waals surface area contributed by atoms with Gasteiger partial charge in [-0.1, -0.05) is 6.07 Å². The quantitative estimate of drug-likeness (QED) is 0.826. The fourth-order valence-electron chi connectivity index (χ4n) is 2.20. The number of rotatable bonds is 2. The summed E-state index contributed by atoms with van der Waals surface area (Å²) in [7, 11) is 2.01. The van der Waals surface area contributed by atoms with E-state index in [0.29, 0.717) is 11.6 Å². The van der Waals surface area contributed by atoms with Crippen LogP contribution >= 0.6 is 0 Å². The zero-order valence-electron chi connectivity index (χ0n) is 9.96. The molecule has 2 rings (SSSR count). The molecule has 88 valence electrons. The summed E-state index contributed by atoms with van der Waals surface area (Å²) in [4.78, 5) is 2.26. The first-order valence-corrected chi connectivity index (χ1v) is 5.89. The van der Waals surface area contributed by atoms with Crippen molar-refractivity contribution in [3.8, 4) is 0 Å². The molecule has 3 heteroatoms. The SMILES string of the molecule is CNC1CCN(c2ccc(C)c(F)c2)CC1. The average Bonchev–Trinajstić information content (AvgIpc) is 2.33. The molecule has 1 aromatic carbocycles. The summed E-state index contributed by atoms with van der Waals surface area (Å²) in [5.74, 6) is -0.103. The molecular formula is C13H19FN2. The lowest BCUT2D eigenvalue weighted by atomic mass is 10.0. The van der Waals surface area contributed by atoms with Gasteiger partial charge in [0.1, 0.15) is 5.82 Å². The Morgan fingerprint density at radius 2 is 2.00 bits per heavy atom. The second-order valence-electron chi connectivity index (χ2n) is 4.48. The van der Waals surface area contributed by atoms with Crippen LogP contribution in [-0.4, -0.2) is 26.2 Å². The van der Waals surface area contributed by atoms with Crippen LogP contribution in [0.1, 0.15) is 18.4 Å². The van der Waals surface area contributed by atoms with E-state index in [-0.39, 0.29) is 5.82 Å². The van der Waals surface area contributed by atoms with Gasteiger partial charge in [-0.05, 0) is 44.5 Å². The molecule has 16 heavy (non-hydrogen) atoms.